The molecular weight excluding hydrogens is 416 g/mol. The first-order valence-electron chi connectivity index (χ1n) is 11.0. The van der Waals surface area contributed by atoms with E-state index in [1.807, 2.05) is 73.7 Å². The van der Waals surface area contributed by atoms with E-state index >= 15 is 0 Å². The van der Waals surface area contributed by atoms with Gasteiger partial charge < -0.3 is 14.2 Å². The Bertz CT molecular complexity index is 1300. The van der Waals surface area contributed by atoms with E-state index in [9.17, 15) is 4.79 Å². The minimum atomic E-state index is -0.0347. The lowest BCUT2D eigenvalue weighted by atomic mass is 10.1. The summed E-state index contributed by atoms with van der Waals surface area (Å²) in [6.07, 6.45) is 1.57. The van der Waals surface area contributed by atoms with Crippen molar-refractivity contribution >= 4 is 10.9 Å². The molecule has 6 nitrogen and oxygen atoms in total. The zero-order chi connectivity index (χ0) is 23.2. The van der Waals surface area contributed by atoms with Crippen LogP contribution < -0.4 is 19.8 Å². The predicted octanol–water partition coefficient (Wildman–Crippen LogP) is 5.25. The fourth-order valence-electron chi connectivity index (χ4n) is 3.78. The van der Waals surface area contributed by atoms with E-state index < -0.39 is 0 Å². The minimum Gasteiger partial charge on any atom is -0.497 e. The Morgan fingerprint density at radius 2 is 1.67 bits per heavy atom. The third-order valence-electron chi connectivity index (χ3n) is 5.56. The smallest absolute Gasteiger partial charge is 0.261 e. The molecule has 0 radical (unpaired) electrons. The summed E-state index contributed by atoms with van der Waals surface area (Å²) in [5.41, 5.74) is 2.65. The largest absolute Gasteiger partial charge is 0.497 e. The number of para-hydroxylation sites is 1. The van der Waals surface area contributed by atoms with Crippen molar-refractivity contribution in [3.05, 3.63) is 82.6 Å². The first kappa shape index (κ1) is 22.4. The summed E-state index contributed by atoms with van der Waals surface area (Å²) in [6.45, 7) is 3.10. The molecule has 0 amide bonds. The Labute approximate surface area is 193 Å². The molecule has 0 aliphatic heterocycles. The highest BCUT2D eigenvalue weighted by Gasteiger charge is 2.13. The molecule has 33 heavy (non-hydrogen) atoms. The van der Waals surface area contributed by atoms with Crippen LogP contribution in [0, 0.1) is 6.92 Å². The monoisotopic (exact) mass is 444 g/mol. The first-order chi connectivity index (χ1) is 16.1. The van der Waals surface area contributed by atoms with Crippen LogP contribution >= 0.6 is 0 Å². The summed E-state index contributed by atoms with van der Waals surface area (Å²) in [5, 5.41) is 0.621. The number of hydrogen-bond donors (Lipinski definition) is 0. The van der Waals surface area contributed by atoms with Crippen LogP contribution in [0.5, 0.6) is 17.2 Å². The van der Waals surface area contributed by atoms with Gasteiger partial charge in [-0.2, -0.15) is 0 Å². The highest BCUT2D eigenvalue weighted by molar-refractivity contribution is 5.79. The predicted molar refractivity (Wildman–Crippen MR) is 130 cm³/mol. The van der Waals surface area contributed by atoms with Crippen LogP contribution in [0.25, 0.3) is 22.3 Å². The molecule has 0 saturated heterocycles. The quantitative estimate of drug-likeness (QED) is 0.330. The van der Waals surface area contributed by atoms with Crippen molar-refractivity contribution in [2.75, 3.05) is 20.8 Å². The van der Waals surface area contributed by atoms with Gasteiger partial charge >= 0.3 is 0 Å². The molecule has 1 heterocycles. The molecule has 0 N–H and O–H groups in total. The summed E-state index contributed by atoms with van der Waals surface area (Å²) in [4.78, 5) is 18.1. The zero-order valence-electron chi connectivity index (χ0n) is 19.2. The maximum Gasteiger partial charge on any atom is 0.261 e. The second kappa shape index (κ2) is 10.2. The number of benzene rings is 3. The third kappa shape index (κ3) is 5.00. The number of hydrogen-bond acceptors (Lipinski definition) is 5. The van der Waals surface area contributed by atoms with Crippen molar-refractivity contribution in [3.8, 4) is 28.6 Å². The molecular formula is C27H28N2O4. The normalized spacial score (nSPS) is 10.9. The average Bonchev–Trinajstić information content (AvgIpc) is 2.85. The molecule has 170 valence electrons. The molecule has 0 aliphatic rings. The summed E-state index contributed by atoms with van der Waals surface area (Å²) >= 11 is 0. The fourth-order valence-corrected chi connectivity index (χ4v) is 3.78. The molecule has 0 spiro atoms. The molecule has 0 bridgehead atoms. The van der Waals surface area contributed by atoms with Crippen molar-refractivity contribution in [1.82, 2.24) is 9.55 Å². The van der Waals surface area contributed by atoms with Crippen LogP contribution in [-0.4, -0.2) is 30.4 Å². The Balaban J connectivity index is 1.52. The maximum atomic E-state index is 13.3. The summed E-state index contributed by atoms with van der Waals surface area (Å²) in [5.74, 6) is 2.87. The molecule has 6 heteroatoms. The molecule has 0 atom stereocenters. The van der Waals surface area contributed by atoms with E-state index in [4.69, 9.17) is 19.2 Å². The van der Waals surface area contributed by atoms with Gasteiger partial charge in [-0.3, -0.25) is 9.36 Å². The molecule has 4 rings (SSSR count). The van der Waals surface area contributed by atoms with Gasteiger partial charge in [0.05, 0.1) is 31.7 Å². The van der Waals surface area contributed by atoms with Crippen LogP contribution in [0.15, 0.2) is 71.5 Å². The lowest BCUT2D eigenvalue weighted by Crippen LogP contribution is -2.24. The summed E-state index contributed by atoms with van der Waals surface area (Å²) < 4.78 is 18.4. The number of unbranched alkanes of at least 4 members (excludes halogenated alkanes) is 1. The highest BCUT2D eigenvalue weighted by atomic mass is 16.5. The minimum absolute atomic E-state index is 0.0347. The van der Waals surface area contributed by atoms with Gasteiger partial charge in [-0.1, -0.05) is 18.2 Å². The molecule has 1 aromatic heterocycles. The van der Waals surface area contributed by atoms with Crippen LogP contribution in [0.2, 0.25) is 0 Å². The molecule has 0 unspecified atom stereocenters. The van der Waals surface area contributed by atoms with Crippen molar-refractivity contribution < 1.29 is 14.2 Å². The van der Waals surface area contributed by atoms with Gasteiger partial charge in [0.15, 0.2) is 11.5 Å². The number of nitrogens with zero attached hydrogens (tertiary/aromatic N) is 2. The summed E-state index contributed by atoms with van der Waals surface area (Å²) in [7, 11) is 3.27. The molecule has 0 saturated carbocycles. The van der Waals surface area contributed by atoms with E-state index in [0.29, 0.717) is 29.9 Å². The van der Waals surface area contributed by atoms with E-state index in [1.165, 1.54) is 0 Å². The van der Waals surface area contributed by atoms with Crippen LogP contribution in [0.4, 0.5) is 0 Å². The topological polar surface area (TPSA) is 62.6 Å². The second-order valence-electron chi connectivity index (χ2n) is 7.85. The van der Waals surface area contributed by atoms with Gasteiger partial charge in [0, 0.05) is 12.1 Å². The van der Waals surface area contributed by atoms with Gasteiger partial charge in [0.25, 0.3) is 5.56 Å². The lowest BCUT2D eigenvalue weighted by molar-refractivity contribution is 0.283. The van der Waals surface area contributed by atoms with Gasteiger partial charge in [-0.15, -0.1) is 0 Å². The Kier molecular flexibility index (Phi) is 6.93. The van der Waals surface area contributed by atoms with E-state index in [-0.39, 0.29) is 5.56 Å². The van der Waals surface area contributed by atoms with Gasteiger partial charge in [0.2, 0.25) is 0 Å². The number of fused-ring (bicyclic) bond motifs is 1. The number of rotatable bonds is 9. The SMILES string of the molecule is COc1ccc(-c2nc3ccccc3c(=O)n2CCCCOc2ccc(C)cc2OC)cc1. The van der Waals surface area contributed by atoms with Crippen LogP contribution in [0.3, 0.4) is 0 Å². The Hall–Kier alpha value is -3.80. The number of aryl methyl sites for hydroxylation is 1. The number of aromatic nitrogens is 2. The number of methoxy groups -OCH3 is 2. The van der Waals surface area contributed by atoms with E-state index in [1.54, 1.807) is 18.8 Å². The highest BCUT2D eigenvalue weighted by Crippen LogP contribution is 2.28. The second-order valence-corrected chi connectivity index (χ2v) is 7.85. The van der Waals surface area contributed by atoms with Crippen LogP contribution in [0.1, 0.15) is 18.4 Å². The number of ether oxygens (including phenoxy) is 3. The van der Waals surface area contributed by atoms with Crippen LogP contribution in [-0.2, 0) is 6.54 Å². The Morgan fingerprint density at radius 1 is 0.879 bits per heavy atom. The maximum absolute atomic E-state index is 13.3. The average molecular weight is 445 g/mol. The standard InChI is InChI=1S/C27H28N2O4/c1-19-10-15-24(25(18-19)32-3)33-17-7-6-16-29-26(20-11-13-21(31-2)14-12-20)28-23-9-5-4-8-22(23)27(29)30/h4-5,8-15,18H,6-7,16-17H2,1-3H3. The molecule has 0 aliphatic carbocycles. The van der Waals surface area contributed by atoms with E-state index in [0.717, 1.165) is 41.2 Å². The first-order valence-corrected chi connectivity index (χ1v) is 11.0. The van der Waals surface area contributed by atoms with Crippen molar-refractivity contribution in [1.29, 1.82) is 0 Å². The van der Waals surface area contributed by atoms with Crippen molar-refractivity contribution in [2.24, 2.45) is 0 Å². The fraction of sp³-hybridized carbons (Fsp3) is 0.259. The van der Waals surface area contributed by atoms with Crippen molar-refractivity contribution in [2.45, 2.75) is 26.3 Å². The van der Waals surface area contributed by atoms with Gasteiger partial charge in [0.1, 0.15) is 11.6 Å². The zero-order valence-corrected chi connectivity index (χ0v) is 19.2. The Morgan fingerprint density at radius 3 is 2.42 bits per heavy atom. The molecule has 4 aromatic rings. The summed E-state index contributed by atoms with van der Waals surface area (Å²) in [6, 6.07) is 21.0. The molecule has 0 fully saturated rings. The van der Waals surface area contributed by atoms with Crippen molar-refractivity contribution in [3.63, 3.8) is 0 Å². The van der Waals surface area contributed by atoms with E-state index in [2.05, 4.69) is 0 Å². The van der Waals surface area contributed by atoms with Gasteiger partial charge in [-0.25, -0.2) is 4.98 Å². The van der Waals surface area contributed by atoms with Gasteiger partial charge in [-0.05, 0) is 73.9 Å². The lowest BCUT2D eigenvalue weighted by Gasteiger charge is -2.15. The molecule has 3 aromatic carbocycles. The third-order valence-corrected chi connectivity index (χ3v) is 5.56.